The SMILES string of the molecule is CC(N)CCc1ccc(OCCOC(F)(F)F)cc1. The molecule has 0 bridgehead atoms. The Labute approximate surface area is 110 Å². The van der Waals surface area contributed by atoms with Crippen molar-refractivity contribution in [1.29, 1.82) is 0 Å². The molecule has 19 heavy (non-hydrogen) atoms. The predicted octanol–water partition coefficient (Wildman–Crippen LogP) is 2.88. The van der Waals surface area contributed by atoms with Gasteiger partial charge in [-0.05, 0) is 37.5 Å². The van der Waals surface area contributed by atoms with Gasteiger partial charge in [0.1, 0.15) is 12.4 Å². The van der Waals surface area contributed by atoms with Gasteiger partial charge in [-0.1, -0.05) is 12.1 Å². The highest BCUT2D eigenvalue weighted by molar-refractivity contribution is 5.27. The lowest BCUT2D eigenvalue weighted by molar-refractivity contribution is -0.325. The maximum absolute atomic E-state index is 11.7. The summed E-state index contributed by atoms with van der Waals surface area (Å²) in [7, 11) is 0. The van der Waals surface area contributed by atoms with E-state index in [0.29, 0.717) is 5.75 Å². The van der Waals surface area contributed by atoms with Crippen LogP contribution in [0.1, 0.15) is 18.9 Å². The van der Waals surface area contributed by atoms with Crippen LogP contribution in [-0.4, -0.2) is 25.6 Å². The molecule has 0 aliphatic rings. The second-order valence-electron chi connectivity index (χ2n) is 4.30. The minimum absolute atomic E-state index is 0.140. The summed E-state index contributed by atoms with van der Waals surface area (Å²) in [4.78, 5) is 0. The van der Waals surface area contributed by atoms with E-state index in [4.69, 9.17) is 10.5 Å². The fraction of sp³-hybridized carbons (Fsp3) is 0.538. The number of alkyl halides is 3. The van der Waals surface area contributed by atoms with Crippen molar-refractivity contribution in [3.63, 3.8) is 0 Å². The molecule has 0 amide bonds. The van der Waals surface area contributed by atoms with Crippen LogP contribution < -0.4 is 10.5 Å². The zero-order valence-corrected chi connectivity index (χ0v) is 10.7. The number of nitrogens with two attached hydrogens (primary N) is 1. The van der Waals surface area contributed by atoms with Gasteiger partial charge in [-0.3, -0.25) is 4.74 Å². The average molecular weight is 277 g/mol. The number of hydrogen-bond acceptors (Lipinski definition) is 3. The third kappa shape index (κ3) is 7.69. The van der Waals surface area contributed by atoms with Gasteiger partial charge in [-0.2, -0.15) is 0 Å². The number of benzene rings is 1. The molecule has 1 atom stereocenters. The van der Waals surface area contributed by atoms with Gasteiger partial charge in [0.2, 0.25) is 0 Å². The van der Waals surface area contributed by atoms with Gasteiger partial charge >= 0.3 is 6.36 Å². The first-order valence-corrected chi connectivity index (χ1v) is 6.05. The van der Waals surface area contributed by atoms with E-state index < -0.39 is 13.0 Å². The molecule has 0 aliphatic heterocycles. The van der Waals surface area contributed by atoms with E-state index in [1.807, 2.05) is 19.1 Å². The molecule has 6 heteroatoms. The van der Waals surface area contributed by atoms with Crippen molar-refractivity contribution in [3.8, 4) is 5.75 Å². The lowest BCUT2D eigenvalue weighted by Gasteiger charge is -2.10. The van der Waals surface area contributed by atoms with Gasteiger partial charge in [0.25, 0.3) is 0 Å². The average Bonchev–Trinajstić information content (AvgIpc) is 2.32. The number of aryl methyl sites for hydroxylation is 1. The first-order valence-electron chi connectivity index (χ1n) is 6.05. The lowest BCUT2D eigenvalue weighted by atomic mass is 10.1. The zero-order valence-electron chi connectivity index (χ0n) is 10.7. The van der Waals surface area contributed by atoms with Crippen molar-refractivity contribution in [3.05, 3.63) is 29.8 Å². The molecule has 0 spiro atoms. The van der Waals surface area contributed by atoms with Gasteiger partial charge in [0, 0.05) is 6.04 Å². The Morgan fingerprint density at radius 1 is 1.16 bits per heavy atom. The van der Waals surface area contributed by atoms with Gasteiger partial charge in [-0.25, -0.2) is 0 Å². The van der Waals surface area contributed by atoms with E-state index in [0.717, 1.165) is 18.4 Å². The maximum Gasteiger partial charge on any atom is 0.522 e. The molecule has 0 aromatic heterocycles. The fourth-order valence-electron chi connectivity index (χ4n) is 1.46. The van der Waals surface area contributed by atoms with Crippen molar-refractivity contribution in [2.75, 3.05) is 13.2 Å². The summed E-state index contributed by atoms with van der Waals surface area (Å²) < 4.78 is 43.8. The largest absolute Gasteiger partial charge is 0.522 e. The molecule has 0 saturated carbocycles. The molecule has 0 saturated heterocycles. The molecular weight excluding hydrogens is 259 g/mol. The van der Waals surface area contributed by atoms with Crippen molar-refractivity contribution in [2.24, 2.45) is 5.73 Å². The van der Waals surface area contributed by atoms with Gasteiger partial charge < -0.3 is 10.5 Å². The minimum atomic E-state index is -4.61. The normalized spacial score (nSPS) is 13.3. The van der Waals surface area contributed by atoms with Crippen LogP contribution in [-0.2, 0) is 11.2 Å². The van der Waals surface area contributed by atoms with Gasteiger partial charge in [0.15, 0.2) is 0 Å². The fourth-order valence-corrected chi connectivity index (χ4v) is 1.46. The van der Waals surface area contributed by atoms with Crippen molar-refractivity contribution < 1.29 is 22.6 Å². The molecule has 1 aromatic carbocycles. The molecule has 1 rings (SSSR count). The smallest absolute Gasteiger partial charge is 0.491 e. The highest BCUT2D eigenvalue weighted by Gasteiger charge is 2.28. The zero-order chi connectivity index (χ0) is 14.3. The molecular formula is C13H18F3NO2. The maximum atomic E-state index is 11.7. The topological polar surface area (TPSA) is 44.5 Å². The van der Waals surface area contributed by atoms with Crippen LogP contribution in [0.5, 0.6) is 5.75 Å². The van der Waals surface area contributed by atoms with Crippen molar-refractivity contribution in [2.45, 2.75) is 32.2 Å². The third-order valence-electron chi connectivity index (χ3n) is 2.43. The van der Waals surface area contributed by atoms with Crippen LogP contribution >= 0.6 is 0 Å². The molecule has 0 radical (unpaired) electrons. The Kier molecular flexibility index (Phi) is 6.11. The lowest BCUT2D eigenvalue weighted by Crippen LogP contribution is -2.18. The molecule has 2 N–H and O–H groups in total. The summed E-state index contributed by atoms with van der Waals surface area (Å²) in [5, 5.41) is 0. The Balaban J connectivity index is 2.28. The van der Waals surface area contributed by atoms with Crippen LogP contribution in [0, 0.1) is 0 Å². The van der Waals surface area contributed by atoms with Crippen LogP contribution in [0.15, 0.2) is 24.3 Å². The number of hydrogen-bond donors (Lipinski definition) is 1. The van der Waals surface area contributed by atoms with Crippen molar-refractivity contribution in [1.82, 2.24) is 0 Å². The Morgan fingerprint density at radius 3 is 2.32 bits per heavy atom. The van der Waals surface area contributed by atoms with E-state index in [2.05, 4.69) is 4.74 Å². The minimum Gasteiger partial charge on any atom is -0.491 e. The van der Waals surface area contributed by atoms with Gasteiger partial charge in [-0.15, -0.1) is 13.2 Å². The van der Waals surface area contributed by atoms with E-state index in [1.165, 1.54) is 0 Å². The standard InChI is InChI=1S/C13H18F3NO2/c1-10(17)2-3-11-4-6-12(7-5-11)18-8-9-19-13(14,15)16/h4-7,10H,2-3,8-9,17H2,1H3. The first-order chi connectivity index (χ1) is 8.87. The molecule has 1 unspecified atom stereocenters. The highest BCUT2D eigenvalue weighted by atomic mass is 19.4. The second kappa shape index (κ2) is 7.35. The Bertz CT molecular complexity index is 363. The number of rotatable bonds is 7. The summed E-state index contributed by atoms with van der Waals surface area (Å²) in [6.07, 6.45) is -2.85. The van der Waals surface area contributed by atoms with Crippen LogP contribution in [0.25, 0.3) is 0 Å². The highest BCUT2D eigenvalue weighted by Crippen LogP contribution is 2.17. The molecule has 108 valence electrons. The molecule has 3 nitrogen and oxygen atoms in total. The summed E-state index contributed by atoms with van der Waals surface area (Å²) >= 11 is 0. The van der Waals surface area contributed by atoms with Crippen LogP contribution in [0.3, 0.4) is 0 Å². The van der Waals surface area contributed by atoms with E-state index in [9.17, 15) is 13.2 Å². The summed E-state index contributed by atoms with van der Waals surface area (Å²) in [5.41, 5.74) is 6.78. The quantitative estimate of drug-likeness (QED) is 0.779. The van der Waals surface area contributed by atoms with Gasteiger partial charge in [0.05, 0.1) is 6.61 Å². The second-order valence-corrected chi connectivity index (χ2v) is 4.30. The summed E-state index contributed by atoms with van der Waals surface area (Å²) in [6.45, 7) is 1.28. The monoisotopic (exact) mass is 277 g/mol. The van der Waals surface area contributed by atoms with E-state index in [-0.39, 0.29) is 12.6 Å². The Morgan fingerprint density at radius 2 is 1.79 bits per heavy atom. The molecule has 0 aliphatic carbocycles. The third-order valence-corrected chi connectivity index (χ3v) is 2.43. The van der Waals surface area contributed by atoms with Crippen LogP contribution in [0.2, 0.25) is 0 Å². The van der Waals surface area contributed by atoms with E-state index in [1.54, 1.807) is 12.1 Å². The number of halogens is 3. The molecule has 0 heterocycles. The summed E-state index contributed by atoms with van der Waals surface area (Å²) in [5.74, 6) is 0.523. The van der Waals surface area contributed by atoms with Crippen molar-refractivity contribution >= 4 is 0 Å². The summed E-state index contributed by atoms with van der Waals surface area (Å²) in [6, 6.07) is 7.36. The van der Waals surface area contributed by atoms with Crippen LogP contribution in [0.4, 0.5) is 13.2 Å². The molecule has 0 fully saturated rings. The predicted molar refractivity (Wildman–Crippen MR) is 65.9 cm³/mol. The number of ether oxygens (including phenoxy) is 2. The Hall–Kier alpha value is -1.27. The molecule has 1 aromatic rings. The first kappa shape index (κ1) is 15.8. The van der Waals surface area contributed by atoms with E-state index >= 15 is 0 Å².